The SMILES string of the molecule is Cc1ccc(-n2nc3c(c2NC(=O)C2CCC2)CSC3)c(C)c1. The van der Waals surface area contributed by atoms with Crippen LogP contribution in [0.4, 0.5) is 5.82 Å². The molecule has 120 valence electrons. The van der Waals surface area contributed by atoms with Gasteiger partial charge in [0.25, 0.3) is 0 Å². The maximum atomic E-state index is 12.5. The van der Waals surface area contributed by atoms with Gasteiger partial charge in [-0.3, -0.25) is 4.79 Å². The zero-order valence-corrected chi connectivity index (χ0v) is 14.4. The Morgan fingerprint density at radius 3 is 2.83 bits per heavy atom. The molecule has 0 spiro atoms. The molecule has 23 heavy (non-hydrogen) atoms. The molecular formula is C18H21N3OS. The van der Waals surface area contributed by atoms with Crippen molar-refractivity contribution in [2.24, 2.45) is 5.92 Å². The summed E-state index contributed by atoms with van der Waals surface area (Å²) in [5.74, 6) is 3.08. The smallest absolute Gasteiger partial charge is 0.228 e. The van der Waals surface area contributed by atoms with Gasteiger partial charge in [-0.15, -0.1) is 0 Å². The molecule has 0 bridgehead atoms. The van der Waals surface area contributed by atoms with Gasteiger partial charge in [0.2, 0.25) is 5.91 Å². The van der Waals surface area contributed by atoms with Gasteiger partial charge in [0.1, 0.15) is 5.82 Å². The Bertz CT molecular complexity index is 777. The number of carbonyl (C=O) groups excluding carboxylic acids is 1. The molecule has 1 fully saturated rings. The molecule has 0 unspecified atom stereocenters. The quantitative estimate of drug-likeness (QED) is 0.928. The zero-order valence-electron chi connectivity index (χ0n) is 13.6. The fraction of sp³-hybridized carbons (Fsp3) is 0.444. The number of aryl methyl sites for hydroxylation is 2. The van der Waals surface area contributed by atoms with Crippen LogP contribution in [0.3, 0.4) is 0 Å². The van der Waals surface area contributed by atoms with Crippen molar-refractivity contribution in [1.29, 1.82) is 0 Å². The monoisotopic (exact) mass is 327 g/mol. The molecule has 1 N–H and O–H groups in total. The number of carbonyl (C=O) groups is 1. The van der Waals surface area contributed by atoms with Crippen molar-refractivity contribution < 1.29 is 4.79 Å². The van der Waals surface area contributed by atoms with E-state index in [9.17, 15) is 4.79 Å². The highest BCUT2D eigenvalue weighted by Crippen LogP contribution is 2.37. The van der Waals surface area contributed by atoms with E-state index in [-0.39, 0.29) is 11.8 Å². The van der Waals surface area contributed by atoms with Crippen LogP contribution in [0.2, 0.25) is 0 Å². The number of nitrogens with one attached hydrogen (secondary N) is 1. The second kappa shape index (κ2) is 5.71. The van der Waals surface area contributed by atoms with Gasteiger partial charge in [-0.2, -0.15) is 16.9 Å². The molecule has 4 nitrogen and oxygen atoms in total. The number of anilines is 1. The first-order chi connectivity index (χ1) is 11.1. The predicted molar refractivity (Wildman–Crippen MR) is 94.0 cm³/mol. The van der Waals surface area contributed by atoms with E-state index in [1.165, 1.54) is 23.1 Å². The van der Waals surface area contributed by atoms with Crippen LogP contribution in [-0.4, -0.2) is 15.7 Å². The van der Waals surface area contributed by atoms with E-state index in [2.05, 4.69) is 37.4 Å². The van der Waals surface area contributed by atoms with Crippen molar-refractivity contribution in [3.05, 3.63) is 40.6 Å². The van der Waals surface area contributed by atoms with Gasteiger partial charge < -0.3 is 5.32 Å². The van der Waals surface area contributed by atoms with Gasteiger partial charge in [-0.25, -0.2) is 4.68 Å². The number of thioether (sulfide) groups is 1. The minimum absolute atomic E-state index is 0.155. The Balaban J connectivity index is 1.75. The largest absolute Gasteiger partial charge is 0.310 e. The number of nitrogens with zero attached hydrogens (tertiary/aromatic N) is 2. The molecule has 2 aliphatic rings. The van der Waals surface area contributed by atoms with Crippen LogP contribution in [0.25, 0.3) is 5.69 Å². The van der Waals surface area contributed by atoms with Crippen molar-refractivity contribution in [3.63, 3.8) is 0 Å². The van der Waals surface area contributed by atoms with Crippen LogP contribution in [0, 0.1) is 19.8 Å². The van der Waals surface area contributed by atoms with Crippen LogP contribution < -0.4 is 5.32 Å². The Kier molecular flexibility index (Phi) is 3.68. The van der Waals surface area contributed by atoms with E-state index in [1.807, 2.05) is 16.4 Å². The molecule has 1 saturated carbocycles. The Morgan fingerprint density at radius 1 is 1.30 bits per heavy atom. The minimum Gasteiger partial charge on any atom is -0.310 e. The molecule has 0 atom stereocenters. The Morgan fingerprint density at radius 2 is 2.13 bits per heavy atom. The van der Waals surface area contributed by atoms with E-state index >= 15 is 0 Å². The van der Waals surface area contributed by atoms with E-state index in [4.69, 9.17) is 5.10 Å². The van der Waals surface area contributed by atoms with Crippen molar-refractivity contribution >= 4 is 23.5 Å². The molecule has 1 aliphatic carbocycles. The topological polar surface area (TPSA) is 46.9 Å². The third-order valence-electron chi connectivity index (χ3n) is 4.85. The van der Waals surface area contributed by atoms with Gasteiger partial charge in [0, 0.05) is 23.0 Å². The maximum absolute atomic E-state index is 12.5. The number of rotatable bonds is 3. The van der Waals surface area contributed by atoms with Crippen LogP contribution in [0.5, 0.6) is 0 Å². The molecule has 2 aromatic rings. The summed E-state index contributed by atoms with van der Waals surface area (Å²) in [5.41, 5.74) is 5.78. The van der Waals surface area contributed by atoms with Crippen molar-refractivity contribution in [2.45, 2.75) is 44.6 Å². The summed E-state index contributed by atoms with van der Waals surface area (Å²) in [7, 11) is 0. The Hall–Kier alpha value is -1.75. The normalized spacial score (nSPS) is 17.0. The standard InChI is InChI=1S/C18H21N3OS/c1-11-6-7-16(12(2)8-11)21-17(14-9-23-10-15(14)20-21)19-18(22)13-4-3-5-13/h6-8,13H,3-5,9-10H2,1-2H3,(H,19,22). The fourth-order valence-corrected chi connectivity index (χ4v) is 4.28. The van der Waals surface area contributed by atoms with E-state index in [0.717, 1.165) is 41.5 Å². The van der Waals surface area contributed by atoms with Crippen LogP contribution >= 0.6 is 11.8 Å². The molecular weight excluding hydrogens is 306 g/mol. The summed E-state index contributed by atoms with van der Waals surface area (Å²) < 4.78 is 1.94. The molecule has 1 aliphatic heterocycles. The summed E-state index contributed by atoms with van der Waals surface area (Å²) in [6, 6.07) is 6.36. The summed E-state index contributed by atoms with van der Waals surface area (Å²) >= 11 is 1.86. The van der Waals surface area contributed by atoms with Crippen LogP contribution in [-0.2, 0) is 16.3 Å². The molecule has 0 radical (unpaired) electrons. The number of aromatic nitrogens is 2. The van der Waals surface area contributed by atoms with Gasteiger partial charge in [-0.05, 0) is 38.3 Å². The number of benzene rings is 1. The molecule has 2 heterocycles. The van der Waals surface area contributed by atoms with E-state index in [0.29, 0.717) is 0 Å². The second-order valence-corrected chi connectivity index (χ2v) is 7.57. The molecule has 5 heteroatoms. The average molecular weight is 327 g/mol. The number of hydrogen-bond acceptors (Lipinski definition) is 3. The third kappa shape index (κ3) is 2.57. The number of fused-ring (bicyclic) bond motifs is 1. The fourth-order valence-electron chi connectivity index (χ4n) is 3.25. The average Bonchev–Trinajstić information content (AvgIpc) is 3.00. The van der Waals surface area contributed by atoms with Gasteiger partial charge in [0.15, 0.2) is 0 Å². The second-order valence-electron chi connectivity index (χ2n) is 6.59. The van der Waals surface area contributed by atoms with Crippen LogP contribution in [0.15, 0.2) is 18.2 Å². The lowest BCUT2D eigenvalue weighted by Crippen LogP contribution is -2.29. The number of hydrogen-bond donors (Lipinski definition) is 1. The van der Waals surface area contributed by atoms with Gasteiger partial charge >= 0.3 is 0 Å². The summed E-state index contributed by atoms with van der Waals surface area (Å²) in [6.45, 7) is 4.19. The summed E-state index contributed by atoms with van der Waals surface area (Å²) in [6.07, 6.45) is 3.20. The number of amides is 1. The highest BCUT2D eigenvalue weighted by molar-refractivity contribution is 7.98. The Labute approximate surface area is 140 Å². The zero-order chi connectivity index (χ0) is 16.0. The van der Waals surface area contributed by atoms with Crippen molar-refractivity contribution in [1.82, 2.24) is 9.78 Å². The molecule has 0 saturated heterocycles. The van der Waals surface area contributed by atoms with E-state index < -0.39 is 0 Å². The summed E-state index contributed by atoms with van der Waals surface area (Å²) in [5, 5.41) is 7.97. The highest BCUT2D eigenvalue weighted by Gasteiger charge is 2.29. The van der Waals surface area contributed by atoms with Gasteiger partial charge in [0.05, 0.1) is 11.4 Å². The lowest BCUT2D eigenvalue weighted by molar-refractivity contribution is -0.122. The van der Waals surface area contributed by atoms with E-state index in [1.54, 1.807) is 0 Å². The molecule has 1 amide bonds. The van der Waals surface area contributed by atoms with Gasteiger partial charge in [-0.1, -0.05) is 24.1 Å². The lowest BCUT2D eigenvalue weighted by atomic mass is 9.85. The third-order valence-corrected chi connectivity index (χ3v) is 5.82. The molecule has 4 rings (SSSR count). The first kappa shape index (κ1) is 14.8. The first-order valence-corrected chi connectivity index (χ1v) is 9.36. The maximum Gasteiger partial charge on any atom is 0.228 e. The lowest BCUT2D eigenvalue weighted by Gasteiger charge is -2.24. The predicted octanol–water partition coefficient (Wildman–Crippen LogP) is 3.97. The highest BCUT2D eigenvalue weighted by atomic mass is 32.2. The first-order valence-electron chi connectivity index (χ1n) is 8.20. The minimum atomic E-state index is 0.155. The van der Waals surface area contributed by atoms with Crippen molar-refractivity contribution in [2.75, 3.05) is 5.32 Å². The van der Waals surface area contributed by atoms with Crippen molar-refractivity contribution in [3.8, 4) is 5.69 Å². The molecule has 1 aromatic carbocycles. The molecule has 1 aromatic heterocycles. The van der Waals surface area contributed by atoms with Crippen LogP contribution in [0.1, 0.15) is 41.6 Å². The summed E-state index contributed by atoms with van der Waals surface area (Å²) in [4.78, 5) is 12.5.